The van der Waals surface area contributed by atoms with Crippen LogP contribution >= 0.6 is 0 Å². The highest BCUT2D eigenvalue weighted by Crippen LogP contribution is 2.29. The van der Waals surface area contributed by atoms with Gasteiger partial charge in [0.1, 0.15) is 11.3 Å². The summed E-state index contributed by atoms with van der Waals surface area (Å²) in [7, 11) is 0. The van der Waals surface area contributed by atoms with Crippen LogP contribution in [-0.2, 0) is 4.74 Å². The van der Waals surface area contributed by atoms with E-state index in [1.165, 1.54) is 12.8 Å². The molecule has 0 aliphatic heterocycles. The number of benzene rings is 2. The molecule has 1 fully saturated rings. The van der Waals surface area contributed by atoms with Crippen LogP contribution in [-0.4, -0.2) is 42.6 Å². The summed E-state index contributed by atoms with van der Waals surface area (Å²) in [5, 5.41) is 17.3. The van der Waals surface area contributed by atoms with E-state index in [1.807, 2.05) is 10.9 Å². The number of anilines is 4. The minimum atomic E-state index is -0.639. The maximum absolute atomic E-state index is 12.9. The van der Waals surface area contributed by atoms with Crippen LogP contribution in [0.15, 0.2) is 67.0 Å². The van der Waals surface area contributed by atoms with Crippen LogP contribution in [0.3, 0.4) is 0 Å². The van der Waals surface area contributed by atoms with Gasteiger partial charge in [0.2, 0.25) is 5.95 Å². The first kappa shape index (κ1) is 26.8. The average molecular weight is 541 g/mol. The predicted molar refractivity (Wildman–Crippen MR) is 153 cm³/mol. The molecule has 11 nitrogen and oxygen atoms in total. The summed E-state index contributed by atoms with van der Waals surface area (Å²) in [5.74, 6) is 0.0841. The third kappa shape index (κ3) is 6.79. The fraction of sp³-hybridized carbons (Fsp3) is 0.310. The first-order valence-electron chi connectivity index (χ1n) is 13.3. The van der Waals surface area contributed by atoms with Gasteiger partial charge in [-0.05, 0) is 76.1 Å². The van der Waals surface area contributed by atoms with Crippen LogP contribution in [0, 0.1) is 0 Å². The number of para-hydroxylation sites is 2. The lowest BCUT2D eigenvalue weighted by Crippen LogP contribution is -2.27. The van der Waals surface area contributed by atoms with Crippen molar-refractivity contribution in [2.24, 2.45) is 0 Å². The second-order valence-corrected chi connectivity index (χ2v) is 10.6. The molecule has 0 atom stereocenters. The Morgan fingerprint density at radius 3 is 2.33 bits per heavy atom. The molecule has 0 bridgehead atoms. The second kappa shape index (κ2) is 11.5. The Labute approximate surface area is 232 Å². The lowest BCUT2D eigenvalue weighted by Gasteiger charge is -2.20. The zero-order valence-corrected chi connectivity index (χ0v) is 22.7. The molecule has 206 valence electrons. The van der Waals surface area contributed by atoms with E-state index in [1.54, 1.807) is 81.6 Å². The first-order valence-corrected chi connectivity index (χ1v) is 13.3. The summed E-state index contributed by atoms with van der Waals surface area (Å²) in [4.78, 5) is 34.0. The number of hydrogen-bond donors (Lipinski definition) is 3. The van der Waals surface area contributed by atoms with Crippen LogP contribution in [0.1, 0.15) is 62.9 Å². The second-order valence-electron chi connectivity index (χ2n) is 10.6. The number of nitrogens with zero attached hydrogens (tertiary/aromatic N) is 5. The maximum atomic E-state index is 12.9. The standard InChI is InChI=1S/C29H32N8O3/c1-29(2,3)40-28(39)34-23-11-7-6-10-22(23)32-26(38)19-12-14-20(15-13-19)31-27-30-17-16-24(33-27)25-18-37(36-35-25)21-8-4-5-9-21/h6-7,10-18,21H,4-5,8-9H2,1-3H3,(H,32,38)(H,34,39)(H,30,31,33). The Morgan fingerprint density at radius 1 is 0.925 bits per heavy atom. The van der Waals surface area contributed by atoms with Crippen molar-refractivity contribution in [1.82, 2.24) is 25.0 Å². The average Bonchev–Trinajstić information content (AvgIpc) is 3.62. The van der Waals surface area contributed by atoms with Crippen molar-refractivity contribution in [3.05, 3.63) is 72.6 Å². The van der Waals surface area contributed by atoms with Crippen molar-refractivity contribution in [1.29, 1.82) is 0 Å². The summed E-state index contributed by atoms with van der Waals surface area (Å²) in [6.07, 6.45) is 7.71. The Hall–Kier alpha value is -4.80. The molecule has 2 aromatic carbocycles. The lowest BCUT2D eigenvalue weighted by molar-refractivity contribution is 0.0635. The van der Waals surface area contributed by atoms with Crippen molar-refractivity contribution in [2.75, 3.05) is 16.0 Å². The topological polar surface area (TPSA) is 136 Å². The van der Waals surface area contributed by atoms with Gasteiger partial charge in [-0.15, -0.1) is 5.10 Å². The van der Waals surface area contributed by atoms with Gasteiger partial charge in [-0.3, -0.25) is 10.1 Å². The molecule has 0 spiro atoms. The molecule has 11 heteroatoms. The highest BCUT2D eigenvalue weighted by molar-refractivity contribution is 6.07. The Bertz CT molecular complexity index is 1490. The van der Waals surface area contributed by atoms with Crippen molar-refractivity contribution in [3.63, 3.8) is 0 Å². The van der Waals surface area contributed by atoms with E-state index < -0.39 is 11.7 Å². The summed E-state index contributed by atoms with van der Waals surface area (Å²) >= 11 is 0. The zero-order valence-electron chi connectivity index (χ0n) is 22.7. The molecule has 2 heterocycles. The number of nitrogens with one attached hydrogen (secondary N) is 3. The molecule has 40 heavy (non-hydrogen) atoms. The number of aromatic nitrogens is 5. The molecule has 2 amide bonds. The summed E-state index contributed by atoms with van der Waals surface area (Å²) < 4.78 is 7.25. The van der Waals surface area contributed by atoms with Gasteiger partial charge in [0, 0.05) is 17.4 Å². The predicted octanol–water partition coefficient (Wildman–Crippen LogP) is 6.19. The van der Waals surface area contributed by atoms with Crippen molar-refractivity contribution in [3.8, 4) is 11.4 Å². The molecule has 1 aliphatic rings. The van der Waals surface area contributed by atoms with Gasteiger partial charge in [-0.25, -0.2) is 19.4 Å². The SMILES string of the molecule is CC(C)(C)OC(=O)Nc1ccccc1NC(=O)c1ccc(Nc2nccc(-c3cn(C4CCCC4)nn3)n2)cc1. The number of ether oxygens (including phenoxy) is 1. The number of carbonyl (C=O) groups is 2. The number of rotatable bonds is 7. The van der Waals surface area contributed by atoms with Gasteiger partial charge in [-0.2, -0.15) is 0 Å². The molecule has 0 saturated heterocycles. The van der Waals surface area contributed by atoms with E-state index in [-0.39, 0.29) is 5.91 Å². The van der Waals surface area contributed by atoms with Crippen LogP contribution in [0.25, 0.3) is 11.4 Å². The molecule has 1 saturated carbocycles. The zero-order chi connectivity index (χ0) is 28.1. The van der Waals surface area contributed by atoms with Crippen molar-refractivity contribution >= 4 is 35.0 Å². The van der Waals surface area contributed by atoms with E-state index in [2.05, 4.69) is 36.2 Å². The molecule has 0 radical (unpaired) electrons. The molecule has 2 aromatic heterocycles. The van der Waals surface area contributed by atoms with Gasteiger partial charge in [0.25, 0.3) is 5.91 Å². The quantitative estimate of drug-likeness (QED) is 0.252. The fourth-order valence-corrected chi connectivity index (χ4v) is 4.45. The smallest absolute Gasteiger partial charge is 0.412 e. The highest BCUT2D eigenvalue weighted by atomic mass is 16.6. The number of amides is 2. The highest BCUT2D eigenvalue weighted by Gasteiger charge is 2.20. The van der Waals surface area contributed by atoms with Gasteiger partial charge < -0.3 is 15.4 Å². The summed E-state index contributed by atoms with van der Waals surface area (Å²) in [6, 6.07) is 16.1. The minimum Gasteiger partial charge on any atom is -0.444 e. The monoisotopic (exact) mass is 540 g/mol. The maximum Gasteiger partial charge on any atom is 0.412 e. The molecular formula is C29H32N8O3. The minimum absolute atomic E-state index is 0.325. The Balaban J connectivity index is 1.22. The number of hydrogen-bond acceptors (Lipinski definition) is 8. The van der Waals surface area contributed by atoms with Crippen molar-refractivity contribution < 1.29 is 14.3 Å². The van der Waals surface area contributed by atoms with Gasteiger partial charge in [0.15, 0.2) is 0 Å². The van der Waals surface area contributed by atoms with E-state index >= 15 is 0 Å². The van der Waals surface area contributed by atoms with Crippen LogP contribution < -0.4 is 16.0 Å². The molecule has 3 N–H and O–H groups in total. The largest absolute Gasteiger partial charge is 0.444 e. The molecule has 4 aromatic rings. The van der Waals surface area contributed by atoms with E-state index in [0.717, 1.165) is 18.5 Å². The van der Waals surface area contributed by atoms with E-state index in [4.69, 9.17) is 4.74 Å². The Kier molecular flexibility index (Phi) is 7.72. The molecule has 0 unspecified atom stereocenters. The normalized spacial score (nSPS) is 13.6. The van der Waals surface area contributed by atoms with Gasteiger partial charge in [0.05, 0.1) is 29.3 Å². The van der Waals surface area contributed by atoms with Crippen LogP contribution in [0.2, 0.25) is 0 Å². The van der Waals surface area contributed by atoms with Crippen LogP contribution in [0.4, 0.5) is 27.8 Å². The molecule has 5 rings (SSSR count). The molecular weight excluding hydrogens is 508 g/mol. The van der Waals surface area contributed by atoms with E-state index in [9.17, 15) is 9.59 Å². The fourth-order valence-electron chi connectivity index (χ4n) is 4.45. The lowest BCUT2D eigenvalue weighted by atomic mass is 10.2. The summed E-state index contributed by atoms with van der Waals surface area (Å²) in [5.41, 5.74) is 2.78. The van der Waals surface area contributed by atoms with Crippen molar-refractivity contribution in [2.45, 2.75) is 58.1 Å². The third-order valence-electron chi connectivity index (χ3n) is 6.34. The first-order chi connectivity index (χ1) is 19.2. The summed E-state index contributed by atoms with van der Waals surface area (Å²) in [6.45, 7) is 5.35. The third-order valence-corrected chi connectivity index (χ3v) is 6.34. The number of carbonyl (C=O) groups excluding carboxylic acids is 2. The van der Waals surface area contributed by atoms with E-state index in [0.29, 0.717) is 40.3 Å². The van der Waals surface area contributed by atoms with Gasteiger partial charge >= 0.3 is 6.09 Å². The molecule has 1 aliphatic carbocycles. The van der Waals surface area contributed by atoms with Gasteiger partial charge in [-0.1, -0.05) is 30.2 Å². The Morgan fingerprint density at radius 2 is 1.62 bits per heavy atom. The van der Waals surface area contributed by atoms with Crippen LogP contribution in [0.5, 0.6) is 0 Å².